The molecule has 0 aromatic rings. The summed E-state index contributed by atoms with van der Waals surface area (Å²) in [5.41, 5.74) is 0. The summed E-state index contributed by atoms with van der Waals surface area (Å²) in [5.74, 6) is 0.532. The zero-order chi connectivity index (χ0) is 10.1. The highest BCUT2D eigenvalue weighted by atomic mass is 16.6. The molecule has 1 aliphatic carbocycles. The molecule has 3 aliphatic rings. The number of hydrogen-bond donors (Lipinski definition) is 0. The Labute approximate surface area is 84.7 Å². The first-order valence-electron chi connectivity index (χ1n) is 5.37. The van der Waals surface area contributed by atoms with Crippen molar-refractivity contribution in [3.8, 4) is 0 Å². The molecule has 0 N–H and O–H groups in total. The van der Waals surface area contributed by atoms with Gasteiger partial charge in [-0.2, -0.15) is 0 Å². The van der Waals surface area contributed by atoms with Crippen molar-refractivity contribution in [3.63, 3.8) is 0 Å². The zero-order valence-electron chi connectivity index (χ0n) is 8.77. The number of nitrogens with zero attached hydrogens (tertiary/aromatic N) is 1. The van der Waals surface area contributed by atoms with Crippen LogP contribution in [0.4, 0.5) is 4.79 Å². The van der Waals surface area contributed by atoms with Gasteiger partial charge in [-0.3, -0.25) is 4.90 Å². The number of carbonyl (C=O) groups is 1. The maximum atomic E-state index is 11.7. The van der Waals surface area contributed by atoms with Gasteiger partial charge in [0.2, 0.25) is 0 Å². The first-order valence-corrected chi connectivity index (χ1v) is 5.37. The standard InChI is InChI=1S/C11H17NO2/c1-3-14-11(13)12-8(2)9-4-6-10(12)7-5-9/h4,6,8-10H,3,5,7H2,1-2H3/t8-,9+,10-/m0/s1. The Balaban J connectivity index is 2.12. The predicted molar refractivity (Wildman–Crippen MR) is 54.0 cm³/mol. The van der Waals surface area contributed by atoms with Crippen molar-refractivity contribution in [2.45, 2.75) is 38.8 Å². The van der Waals surface area contributed by atoms with E-state index in [1.807, 2.05) is 11.8 Å². The van der Waals surface area contributed by atoms with Gasteiger partial charge in [-0.15, -0.1) is 0 Å². The molecule has 3 rings (SSSR count). The Morgan fingerprint density at radius 1 is 1.50 bits per heavy atom. The third-order valence-corrected chi connectivity index (χ3v) is 3.27. The molecule has 3 nitrogen and oxygen atoms in total. The van der Waals surface area contributed by atoms with Crippen molar-refractivity contribution in [1.29, 1.82) is 0 Å². The predicted octanol–water partition coefficient (Wildman–Crippen LogP) is 2.18. The minimum atomic E-state index is -0.154. The van der Waals surface area contributed by atoms with Gasteiger partial charge in [0.05, 0.1) is 12.6 Å². The molecule has 0 unspecified atom stereocenters. The molecule has 0 aromatic carbocycles. The maximum Gasteiger partial charge on any atom is 0.410 e. The lowest BCUT2D eigenvalue weighted by Gasteiger charge is -2.45. The summed E-state index contributed by atoms with van der Waals surface area (Å²) in [5, 5.41) is 0. The third-order valence-electron chi connectivity index (χ3n) is 3.27. The van der Waals surface area contributed by atoms with E-state index in [0.29, 0.717) is 18.6 Å². The number of amides is 1. The Morgan fingerprint density at radius 3 is 2.79 bits per heavy atom. The number of ether oxygens (including phenoxy) is 1. The molecule has 78 valence electrons. The second-order valence-corrected chi connectivity index (χ2v) is 4.04. The fraction of sp³-hybridized carbons (Fsp3) is 0.727. The minimum Gasteiger partial charge on any atom is -0.450 e. The number of fused-ring (bicyclic) bond motifs is 2. The molecule has 2 heterocycles. The fourth-order valence-electron chi connectivity index (χ4n) is 2.47. The van der Waals surface area contributed by atoms with Gasteiger partial charge >= 0.3 is 6.09 Å². The smallest absolute Gasteiger partial charge is 0.410 e. The lowest BCUT2D eigenvalue weighted by atomic mass is 9.81. The molecule has 1 fully saturated rings. The number of hydrogen-bond acceptors (Lipinski definition) is 2. The van der Waals surface area contributed by atoms with Crippen LogP contribution in [0.15, 0.2) is 12.2 Å². The number of rotatable bonds is 1. The fourth-order valence-corrected chi connectivity index (χ4v) is 2.47. The molecule has 0 spiro atoms. The second-order valence-electron chi connectivity index (χ2n) is 4.04. The van der Waals surface area contributed by atoms with Crippen LogP contribution in [0, 0.1) is 5.92 Å². The quantitative estimate of drug-likeness (QED) is 0.600. The van der Waals surface area contributed by atoms with Crippen molar-refractivity contribution in [3.05, 3.63) is 12.2 Å². The highest BCUT2D eigenvalue weighted by molar-refractivity contribution is 5.69. The SMILES string of the molecule is CCOC(=O)N1[C@H]2C=C[C@H](CC2)[C@@H]1C. The summed E-state index contributed by atoms with van der Waals surface area (Å²) in [6.07, 6.45) is 6.53. The molecular weight excluding hydrogens is 178 g/mol. The third kappa shape index (κ3) is 1.41. The van der Waals surface area contributed by atoms with Crippen LogP contribution < -0.4 is 0 Å². The normalized spacial score (nSPS) is 34.7. The van der Waals surface area contributed by atoms with Gasteiger partial charge in [-0.05, 0) is 32.6 Å². The lowest BCUT2D eigenvalue weighted by Crippen LogP contribution is -2.54. The molecule has 2 bridgehead atoms. The van der Waals surface area contributed by atoms with Crippen molar-refractivity contribution in [1.82, 2.24) is 4.90 Å². The molecule has 2 aliphatic heterocycles. The van der Waals surface area contributed by atoms with E-state index in [-0.39, 0.29) is 12.1 Å². The first kappa shape index (κ1) is 9.56. The summed E-state index contributed by atoms with van der Waals surface area (Å²) in [7, 11) is 0. The maximum absolute atomic E-state index is 11.7. The van der Waals surface area contributed by atoms with Crippen LogP contribution in [0.5, 0.6) is 0 Å². The van der Waals surface area contributed by atoms with E-state index < -0.39 is 0 Å². The van der Waals surface area contributed by atoms with E-state index in [4.69, 9.17) is 4.74 Å². The Hall–Kier alpha value is -0.990. The Morgan fingerprint density at radius 2 is 2.29 bits per heavy atom. The van der Waals surface area contributed by atoms with Crippen molar-refractivity contribution < 1.29 is 9.53 Å². The van der Waals surface area contributed by atoms with Gasteiger partial charge in [0.25, 0.3) is 0 Å². The van der Waals surface area contributed by atoms with Crippen LogP contribution in [-0.4, -0.2) is 29.7 Å². The van der Waals surface area contributed by atoms with Crippen LogP contribution in [0.2, 0.25) is 0 Å². The van der Waals surface area contributed by atoms with Crippen LogP contribution in [0.25, 0.3) is 0 Å². The monoisotopic (exact) mass is 195 g/mol. The van der Waals surface area contributed by atoms with Gasteiger partial charge < -0.3 is 4.74 Å². The molecule has 1 saturated heterocycles. The van der Waals surface area contributed by atoms with Gasteiger partial charge in [0, 0.05) is 6.04 Å². The van der Waals surface area contributed by atoms with E-state index in [0.717, 1.165) is 6.42 Å². The molecule has 0 saturated carbocycles. The molecule has 1 amide bonds. The van der Waals surface area contributed by atoms with Crippen LogP contribution in [-0.2, 0) is 4.74 Å². The van der Waals surface area contributed by atoms with E-state index in [1.54, 1.807) is 0 Å². The Kier molecular flexibility index (Phi) is 2.48. The van der Waals surface area contributed by atoms with Gasteiger partial charge in [-0.1, -0.05) is 12.2 Å². The van der Waals surface area contributed by atoms with Gasteiger partial charge in [-0.25, -0.2) is 4.79 Å². The van der Waals surface area contributed by atoms with Gasteiger partial charge in [0.15, 0.2) is 0 Å². The van der Waals surface area contributed by atoms with Crippen molar-refractivity contribution in [2.24, 2.45) is 5.92 Å². The summed E-state index contributed by atoms with van der Waals surface area (Å²) in [6, 6.07) is 0.576. The summed E-state index contributed by atoms with van der Waals surface area (Å²) < 4.78 is 5.06. The molecule has 3 heteroatoms. The topological polar surface area (TPSA) is 29.5 Å². The second kappa shape index (κ2) is 3.64. The molecular formula is C11H17NO2. The Bertz CT molecular complexity index is 262. The average molecular weight is 195 g/mol. The zero-order valence-corrected chi connectivity index (χ0v) is 8.77. The van der Waals surface area contributed by atoms with E-state index in [2.05, 4.69) is 19.1 Å². The molecule has 0 radical (unpaired) electrons. The first-order chi connectivity index (χ1) is 6.74. The molecule has 0 aromatic heterocycles. The molecule has 14 heavy (non-hydrogen) atoms. The number of piperidine rings is 1. The van der Waals surface area contributed by atoms with Crippen molar-refractivity contribution >= 4 is 6.09 Å². The summed E-state index contributed by atoms with van der Waals surface area (Å²) >= 11 is 0. The highest BCUT2D eigenvalue weighted by Crippen LogP contribution is 2.34. The van der Waals surface area contributed by atoms with E-state index in [1.165, 1.54) is 6.42 Å². The van der Waals surface area contributed by atoms with Crippen LogP contribution >= 0.6 is 0 Å². The average Bonchev–Trinajstić information content (AvgIpc) is 2.19. The number of carbonyl (C=O) groups excluding carboxylic acids is 1. The van der Waals surface area contributed by atoms with E-state index >= 15 is 0 Å². The van der Waals surface area contributed by atoms with Gasteiger partial charge in [0.1, 0.15) is 0 Å². The summed E-state index contributed by atoms with van der Waals surface area (Å²) in [6.45, 7) is 4.42. The van der Waals surface area contributed by atoms with Crippen molar-refractivity contribution in [2.75, 3.05) is 6.61 Å². The largest absolute Gasteiger partial charge is 0.450 e. The highest BCUT2D eigenvalue weighted by Gasteiger charge is 2.39. The minimum absolute atomic E-state index is 0.154. The van der Waals surface area contributed by atoms with E-state index in [9.17, 15) is 4.79 Å². The summed E-state index contributed by atoms with van der Waals surface area (Å²) in [4.78, 5) is 13.6. The lowest BCUT2D eigenvalue weighted by molar-refractivity contribution is 0.0456. The van der Waals surface area contributed by atoms with Crippen LogP contribution in [0.3, 0.4) is 0 Å². The molecule has 3 atom stereocenters. The van der Waals surface area contributed by atoms with Crippen LogP contribution in [0.1, 0.15) is 26.7 Å².